The highest BCUT2D eigenvalue weighted by atomic mass is 16.6. The first kappa shape index (κ1) is 35.7. The number of aromatic nitrogens is 5. The molecule has 1 saturated heterocycles. The second-order valence-corrected chi connectivity index (χ2v) is 14.1. The van der Waals surface area contributed by atoms with Crippen molar-refractivity contribution in [2.45, 2.75) is 84.5 Å². The van der Waals surface area contributed by atoms with Gasteiger partial charge in [0.25, 0.3) is 5.56 Å². The van der Waals surface area contributed by atoms with Crippen LogP contribution in [0.3, 0.4) is 0 Å². The van der Waals surface area contributed by atoms with Gasteiger partial charge in [0.05, 0.1) is 12.2 Å². The third-order valence-corrected chi connectivity index (χ3v) is 8.44. The van der Waals surface area contributed by atoms with E-state index in [-0.39, 0.29) is 18.1 Å². The Hall–Kier alpha value is -4.55. The molecule has 2 N–H and O–H groups in total. The molecule has 5 rings (SSSR count). The van der Waals surface area contributed by atoms with Crippen molar-refractivity contribution in [3.05, 3.63) is 77.4 Å². The Morgan fingerprint density at radius 2 is 1.69 bits per heavy atom. The minimum Gasteiger partial charge on any atom is -0.460 e. The minimum atomic E-state index is -1.16. The number of hydrogen-bond donors (Lipinski definition) is 2. The van der Waals surface area contributed by atoms with Crippen LogP contribution in [0.2, 0.25) is 0 Å². The highest BCUT2D eigenvalue weighted by molar-refractivity contribution is 5.77. The zero-order chi connectivity index (χ0) is 35.2. The van der Waals surface area contributed by atoms with Crippen LogP contribution in [0.15, 0.2) is 66.1 Å². The predicted octanol–water partition coefficient (Wildman–Crippen LogP) is 5.55. The van der Waals surface area contributed by atoms with E-state index in [0.29, 0.717) is 34.9 Å². The van der Waals surface area contributed by atoms with Gasteiger partial charge in [0.2, 0.25) is 5.95 Å². The smallest absolute Gasteiger partial charge is 0.306 e. The molecule has 0 unspecified atom stereocenters. The zero-order valence-electron chi connectivity index (χ0n) is 29.5. The number of ether oxygens (including phenoxy) is 1. The number of piperazine rings is 1. The topological polar surface area (TPSA) is 131 Å². The first-order valence-electron chi connectivity index (χ1n) is 17.2. The quantitative estimate of drug-likeness (QED) is 0.100. The van der Waals surface area contributed by atoms with E-state index in [2.05, 4.69) is 43.8 Å². The van der Waals surface area contributed by atoms with Gasteiger partial charge in [-0.2, -0.15) is 4.98 Å². The Morgan fingerprint density at radius 3 is 2.37 bits per heavy atom. The summed E-state index contributed by atoms with van der Waals surface area (Å²) in [6.45, 7) is 18.2. The molecule has 0 amide bonds. The molecule has 1 fully saturated rings. The van der Waals surface area contributed by atoms with Crippen molar-refractivity contribution in [3.63, 3.8) is 0 Å². The molecule has 4 heterocycles. The molecular weight excluding hydrogens is 620 g/mol. The summed E-state index contributed by atoms with van der Waals surface area (Å²) >= 11 is 0. The Labute approximate surface area is 288 Å². The highest BCUT2D eigenvalue weighted by Crippen LogP contribution is 2.24. The third kappa shape index (κ3) is 9.33. The number of rotatable bonds is 14. The van der Waals surface area contributed by atoms with Crippen LogP contribution in [-0.4, -0.2) is 78.6 Å². The van der Waals surface area contributed by atoms with Crippen LogP contribution in [0.5, 0.6) is 0 Å². The van der Waals surface area contributed by atoms with Crippen LogP contribution < -0.4 is 15.8 Å². The molecule has 1 aliphatic rings. The summed E-state index contributed by atoms with van der Waals surface area (Å²) < 4.78 is 8.55. The molecule has 12 heteroatoms. The van der Waals surface area contributed by atoms with Crippen LogP contribution in [0.4, 0.5) is 17.3 Å². The monoisotopic (exact) mass is 670 g/mol. The van der Waals surface area contributed by atoms with Gasteiger partial charge in [0.15, 0.2) is 11.5 Å². The van der Waals surface area contributed by atoms with Gasteiger partial charge in [-0.15, -0.1) is 6.58 Å². The van der Waals surface area contributed by atoms with Crippen LogP contribution in [0.25, 0.3) is 16.9 Å². The maximum Gasteiger partial charge on any atom is 0.306 e. The molecule has 49 heavy (non-hydrogen) atoms. The molecule has 12 nitrogen and oxygen atoms in total. The largest absolute Gasteiger partial charge is 0.460 e. The van der Waals surface area contributed by atoms with Crippen LogP contribution in [0, 0.1) is 0 Å². The summed E-state index contributed by atoms with van der Waals surface area (Å²) in [6, 6.07) is 13.5. The molecule has 4 aromatic rings. The van der Waals surface area contributed by atoms with Gasteiger partial charge in [0, 0.05) is 50.2 Å². The Kier molecular flexibility index (Phi) is 11.2. The average molecular weight is 671 g/mol. The molecule has 0 atom stereocenters. The molecule has 0 bridgehead atoms. The van der Waals surface area contributed by atoms with Crippen LogP contribution in [0.1, 0.15) is 72.4 Å². The van der Waals surface area contributed by atoms with Gasteiger partial charge >= 0.3 is 5.97 Å². The van der Waals surface area contributed by atoms with E-state index in [9.17, 15) is 14.7 Å². The van der Waals surface area contributed by atoms with E-state index in [1.54, 1.807) is 42.8 Å². The maximum atomic E-state index is 13.3. The molecule has 0 saturated carbocycles. The number of carbonyl (C=O) groups is 1. The van der Waals surface area contributed by atoms with Crippen molar-refractivity contribution in [3.8, 4) is 5.82 Å². The molecule has 262 valence electrons. The number of hydrogen-bond acceptors (Lipinski definition) is 10. The van der Waals surface area contributed by atoms with E-state index in [0.717, 1.165) is 69.8 Å². The number of benzene rings is 1. The highest BCUT2D eigenvalue weighted by Gasteiger charge is 2.22. The van der Waals surface area contributed by atoms with Crippen LogP contribution in [-0.2, 0) is 21.7 Å². The molecule has 3 aromatic heterocycles. The second kappa shape index (κ2) is 15.3. The van der Waals surface area contributed by atoms with Gasteiger partial charge < -0.3 is 20.1 Å². The van der Waals surface area contributed by atoms with Crippen molar-refractivity contribution < 1.29 is 14.6 Å². The number of unbranched alkanes of at least 4 members (excludes halogenated alkanes) is 3. The Bertz CT molecular complexity index is 1790. The fourth-order valence-electron chi connectivity index (χ4n) is 5.96. The first-order chi connectivity index (χ1) is 23.3. The van der Waals surface area contributed by atoms with Gasteiger partial charge in [-0.3, -0.25) is 14.5 Å². The molecule has 0 radical (unpaired) electrons. The third-order valence-electron chi connectivity index (χ3n) is 8.44. The van der Waals surface area contributed by atoms with E-state index < -0.39 is 11.2 Å². The normalized spacial score (nSPS) is 14.3. The number of nitrogens with zero attached hydrogens (tertiary/aromatic N) is 7. The average Bonchev–Trinajstić information content (AvgIpc) is 3.32. The maximum absolute atomic E-state index is 13.3. The number of fused-ring (bicyclic) bond motifs is 1. The van der Waals surface area contributed by atoms with Crippen molar-refractivity contribution in [1.29, 1.82) is 0 Å². The summed E-state index contributed by atoms with van der Waals surface area (Å²) in [7, 11) is 0. The number of carbonyl (C=O) groups excluding carboxylic acids is 1. The molecule has 0 aliphatic carbocycles. The SMILES string of the molecule is C=CCn1c(=O)c2cnc(Nc3ccc(N4CCN(CCCCCCC(=O)OC(C)(C)C)CC4)cc3)nc2n1-c1cccc(C(C)(C)O)n1. The standard InChI is InChI=1S/C37H50N8O4/c1-7-20-44-34(47)29-26-38-35(41-33(29)45(44)31-14-12-13-30(40-31)37(5,6)48)39-27-16-18-28(19-17-27)43-24-22-42(23-25-43)21-11-9-8-10-15-32(46)49-36(2,3)4/h7,12-14,16-19,26,48H,1,8-11,15,20-25H2,2-6H3,(H,38,39,41). The number of anilines is 3. The number of allylic oxidation sites excluding steroid dienone is 1. The molecular formula is C37H50N8O4. The fourth-order valence-corrected chi connectivity index (χ4v) is 5.96. The molecule has 1 aliphatic heterocycles. The number of esters is 1. The lowest BCUT2D eigenvalue weighted by atomic mass is 10.1. The van der Waals surface area contributed by atoms with E-state index in [4.69, 9.17) is 9.72 Å². The van der Waals surface area contributed by atoms with Crippen LogP contribution >= 0.6 is 0 Å². The summed E-state index contributed by atoms with van der Waals surface area (Å²) in [5.41, 5.74) is 1.05. The van der Waals surface area contributed by atoms with Gasteiger partial charge in [-0.25, -0.2) is 19.3 Å². The summed E-state index contributed by atoms with van der Waals surface area (Å²) in [5, 5.41) is 14.2. The predicted molar refractivity (Wildman–Crippen MR) is 194 cm³/mol. The summed E-state index contributed by atoms with van der Waals surface area (Å²) in [4.78, 5) is 43.9. The molecule has 1 aromatic carbocycles. The zero-order valence-corrected chi connectivity index (χ0v) is 29.5. The fraction of sp³-hybridized carbons (Fsp3) is 0.486. The second-order valence-electron chi connectivity index (χ2n) is 14.1. The van der Waals surface area contributed by atoms with Crippen molar-refractivity contribution in [2.24, 2.45) is 0 Å². The van der Waals surface area contributed by atoms with E-state index in [1.807, 2.05) is 32.9 Å². The number of nitrogens with one attached hydrogen (secondary N) is 1. The Morgan fingerprint density at radius 1 is 0.980 bits per heavy atom. The van der Waals surface area contributed by atoms with E-state index in [1.165, 1.54) is 10.9 Å². The minimum absolute atomic E-state index is 0.103. The lowest BCUT2D eigenvalue weighted by Gasteiger charge is -2.36. The summed E-state index contributed by atoms with van der Waals surface area (Å²) in [5.74, 6) is 0.702. The number of aliphatic hydroxyl groups is 1. The Balaban J connectivity index is 1.17. The lowest BCUT2D eigenvalue weighted by Crippen LogP contribution is -2.46. The van der Waals surface area contributed by atoms with E-state index >= 15 is 0 Å². The van der Waals surface area contributed by atoms with Gasteiger partial charge in [-0.1, -0.05) is 25.0 Å². The van der Waals surface area contributed by atoms with Crippen molar-refractivity contribution in [2.75, 3.05) is 42.9 Å². The van der Waals surface area contributed by atoms with Gasteiger partial charge in [0.1, 0.15) is 16.6 Å². The van der Waals surface area contributed by atoms with Crippen molar-refractivity contribution in [1.82, 2.24) is 29.2 Å². The summed E-state index contributed by atoms with van der Waals surface area (Å²) in [6.07, 6.45) is 7.87. The number of pyridine rings is 1. The first-order valence-corrected chi connectivity index (χ1v) is 17.2. The van der Waals surface area contributed by atoms with Crippen molar-refractivity contribution >= 4 is 34.3 Å². The molecule has 0 spiro atoms. The lowest BCUT2D eigenvalue weighted by molar-refractivity contribution is -0.154. The van der Waals surface area contributed by atoms with Gasteiger partial charge in [-0.05, 0) is 90.4 Å².